The number of anilines is 2. The Balaban J connectivity index is 2.14. The van der Waals surface area contributed by atoms with E-state index < -0.39 is 33.5 Å². The summed E-state index contributed by atoms with van der Waals surface area (Å²) in [6.07, 6.45) is -4.70. The third-order valence-electron chi connectivity index (χ3n) is 3.57. The van der Waals surface area contributed by atoms with E-state index in [0.717, 1.165) is 12.1 Å². The summed E-state index contributed by atoms with van der Waals surface area (Å²) in [6.45, 7) is 4.34. The van der Waals surface area contributed by atoms with Crippen molar-refractivity contribution >= 4 is 27.4 Å². The zero-order chi connectivity index (χ0) is 20.9. The number of rotatable bonds is 6. The normalized spacial score (nSPS) is 11.9. The highest BCUT2D eigenvalue weighted by atomic mass is 32.2. The molecule has 0 spiro atoms. The van der Waals surface area contributed by atoms with Crippen LogP contribution in [0.5, 0.6) is 0 Å². The fraction of sp³-hybridized carbons (Fsp3) is 0.278. The molecule has 2 aromatic rings. The number of nitrogens with one attached hydrogen (secondary N) is 3. The van der Waals surface area contributed by atoms with E-state index in [-0.39, 0.29) is 10.8 Å². The third-order valence-corrected chi connectivity index (χ3v) is 4.95. The monoisotopic (exact) mass is 415 g/mol. The van der Waals surface area contributed by atoms with Crippen LogP contribution in [-0.2, 0) is 16.2 Å². The lowest BCUT2D eigenvalue weighted by Gasteiger charge is -2.15. The van der Waals surface area contributed by atoms with Gasteiger partial charge < -0.3 is 10.6 Å². The van der Waals surface area contributed by atoms with Gasteiger partial charge in [-0.2, -0.15) is 13.2 Å². The van der Waals surface area contributed by atoms with Crippen LogP contribution in [0.2, 0.25) is 0 Å². The van der Waals surface area contributed by atoms with E-state index in [0.29, 0.717) is 12.2 Å². The van der Waals surface area contributed by atoms with Crippen molar-refractivity contribution in [1.82, 2.24) is 5.32 Å². The fourth-order valence-electron chi connectivity index (χ4n) is 2.21. The molecule has 0 unspecified atom stereocenters. The van der Waals surface area contributed by atoms with Crippen molar-refractivity contribution in [3.63, 3.8) is 0 Å². The first-order valence-electron chi connectivity index (χ1n) is 8.33. The predicted molar refractivity (Wildman–Crippen MR) is 101 cm³/mol. The van der Waals surface area contributed by atoms with Crippen molar-refractivity contribution in [1.29, 1.82) is 0 Å². The van der Waals surface area contributed by atoms with Crippen molar-refractivity contribution in [2.75, 3.05) is 16.6 Å². The second-order valence-electron chi connectivity index (χ2n) is 6.40. The average Bonchev–Trinajstić information content (AvgIpc) is 2.59. The van der Waals surface area contributed by atoms with Crippen LogP contribution in [0.25, 0.3) is 0 Å². The second kappa shape index (κ2) is 8.51. The van der Waals surface area contributed by atoms with E-state index in [1.807, 2.05) is 18.6 Å². The molecular weight excluding hydrogens is 395 g/mol. The molecule has 0 heterocycles. The summed E-state index contributed by atoms with van der Waals surface area (Å²) < 4.78 is 65.9. The van der Waals surface area contributed by atoms with Crippen LogP contribution in [0.15, 0.2) is 53.4 Å². The molecule has 0 aliphatic carbocycles. The Hall–Kier alpha value is -2.75. The summed E-state index contributed by atoms with van der Waals surface area (Å²) in [5.41, 5.74) is -1.31. The summed E-state index contributed by atoms with van der Waals surface area (Å²) >= 11 is 0. The maximum absolute atomic E-state index is 13.0. The van der Waals surface area contributed by atoms with Gasteiger partial charge in [0.05, 0.1) is 16.1 Å². The molecule has 28 heavy (non-hydrogen) atoms. The first-order chi connectivity index (χ1) is 13.0. The smallest absolute Gasteiger partial charge is 0.338 e. The van der Waals surface area contributed by atoms with Gasteiger partial charge in [0.25, 0.3) is 10.0 Å². The van der Waals surface area contributed by atoms with E-state index in [9.17, 15) is 26.4 Å². The van der Waals surface area contributed by atoms with Crippen molar-refractivity contribution in [3.8, 4) is 0 Å². The Bertz CT molecular complexity index is 927. The van der Waals surface area contributed by atoms with Crippen molar-refractivity contribution in [2.45, 2.75) is 24.9 Å². The Kier molecular flexibility index (Phi) is 6.55. The Labute approximate surface area is 161 Å². The molecule has 2 rings (SSSR count). The highest BCUT2D eigenvalue weighted by Gasteiger charge is 2.34. The Morgan fingerprint density at radius 1 is 1.04 bits per heavy atom. The van der Waals surface area contributed by atoms with Crippen LogP contribution in [0.3, 0.4) is 0 Å². The molecule has 2 amide bonds. The van der Waals surface area contributed by atoms with E-state index in [4.69, 9.17) is 0 Å². The van der Waals surface area contributed by atoms with E-state index in [1.165, 1.54) is 36.4 Å². The maximum Gasteiger partial charge on any atom is 0.418 e. The standard InChI is InChI=1S/C18H20F3N3O3S/c1-12(2)11-22-17(25)23-13-7-9-14(10-8-13)28(26,27)24-16-6-4-3-5-15(16)18(19,20)21/h3-10,12,24H,11H2,1-2H3,(H2,22,23,25). The minimum Gasteiger partial charge on any atom is -0.338 e. The topological polar surface area (TPSA) is 87.3 Å². The van der Waals surface area contributed by atoms with Crippen molar-refractivity contribution < 1.29 is 26.4 Å². The molecule has 3 N–H and O–H groups in total. The molecule has 0 aromatic heterocycles. The third kappa shape index (κ3) is 5.88. The summed E-state index contributed by atoms with van der Waals surface area (Å²) in [5, 5.41) is 5.18. The first kappa shape index (κ1) is 21.5. The Morgan fingerprint density at radius 2 is 1.64 bits per heavy atom. The zero-order valence-electron chi connectivity index (χ0n) is 15.2. The average molecular weight is 415 g/mol. The van der Waals surface area contributed by atoms with Crippen LogP contribution in [0, 0.1) is 5.92 Å². The molecule has 0 aliphatic rings. The Morgan fingerprint density at radius 3 is 2.21 bits per heavy atom. The molecule has 0 aliphatic heterocycles. The van der Waals surface area contributed by atoms with E-state index >= 15 is 0 Å². The summed E-state index contributed by atoms with van der Waals surface area (Å²) in [6, 6.07) is 8.93. The van der Waals surface area contributed by atoms with E-state index in [2.05, 4.69) is 10.6 Å². The lowest BCUT2D eigenvalue weighted by molar-refractivity contribution is -0.136. The van der Waals surface area contributed by atoms with Gasteiger partial charge in [-0.05, 0) is 42.3 Å². The number of benzene rings is 2. The molecule has 0 saturated heterocycles. The SMILES string of the molecule is CC(C)CNC(=O)Nc1ccc(S(=O)(=O)Nc2ccccc2C(F)(F)F)cc1. The first-order valence-corrected chi connectivity index (χ1v) is 9.81. The number of hydrogen-bond donors (Lipinski definition) is 3. The van der Waals surface area contributed by atoms with Gasteiger partial charge in [-0.3, -0.25) is 4.72 Å². The fourth-order valence-corrected chi connectivity index (χ4v) is 3.29. The predicted octanol–water partition coefficient (Wildman–Crippen LogP) is 4.28. The number of alkyl halides is 3. The molecular formula is C18H20F3N3O3S. The minimum absolute atomic E-state index is 0.238. The number of para-hydroxylation sites is 1. The van der Waals surface area contributed by atoms with Crippen molar-refractivity contribution in [2.24, 2.45) is 5.92 Å². The molecule has 2 aromatic carbocycles. The van der Waals surface area contributed by atoms with Crippen LogP contribution >= 0.6 is 0 Å². The van der Waals surface area contributed by atoms with Gasteiger partial charge in [0.1, 0.15) is 0 Å². The minimum atomic E-state index is -4.70. The van der Waals surface area contributed by atoms with Crippen LogP contribution in [0.1, 0.15) is 19.4 Å². The number of sulfonamides is 1. The van der Waals surface area contributed by atoms with Gasteiger partial charge in [0.15, 0.2) is 0 Å². The molecule has 10 heteroatoms. The second-order valence-corrected chi connectivity index (χ2v) is 8.08. The number of hydrogen-bond acceptors (Lipinski definition) is 3. The summed E-state index contributed by atoms with van der Waals surface area (Å²) in [5.74, 6) is 0.268. The molecule has 0 radical (unpaired) electrons. The number of urea groups is 1. The lowest BCUT2D eigenvalue weighted by Crippen LogP contribution is -2.31. The van der Waals surface area contributed by atoms with Crippen LogP contribution in [-0.4, -0.2) is 21.0 Å². The van der Waals surface area contributed by atoms with Gasteiger partial charge in [0, 0.05) is 12.2 Å². The van der Waals surface area contributed by atoms with Crippen molar-refractivity contribution in [3.05, 3.63) is 54.1 Å². The number of halogens is 3. The summed E-state index contributed by atoms with van der Waals surface area (Å²) in [7, 11) is -4.24. The van der Waals surface area contributed by atoms with Gasteiger partial charge in [-0.25, -0.2) is 13.2 Å². The molecule has 0 saturated carbocycles. The van der Waals surface area contributed by atoms with Crippen LogP contribution < -0.4 is 15.4 Å². The molecule has 152 valence electrons. The van der Waals surface area contributed by atoms with Crippen LogP contribution in [0.4, 0.5) is 29.3 Å². The van der Waals surface area contributed by atoms with Gasteiger partial charge >= 0.3 is 12.2 Å². The highest BCUT2D eigenvalue weighted by molar-refractivity contribution is 7.92. The van der Waals surface area contributed by atoms with Gasteiger partial charge in [-0.1, -0.05) is 26.0 Å². The largest absolute Gasteiger partial charge is 0.418 e. The van der Waals surface area contributed by atoms with Gasteiger partial charge in [-0.15, -0.1) is 0 Å². The number of carbonyl (C=O) groups is 1. The molecule has 6 nitrogen and oxygen atoms in total. The number of amides is 2. The quantitative estimate of drug-likeness (QED) is 0.658. The summed E-state index contributed by atoms with van der Waals surface area (Å²) in [4.78, 5) is 11.5. The highest BCUT2D eigenvalue weighted by Crippen LogP contribution is 2.35. The zero-order valence-corrected chi connectivity index (χ0v) is 16.0. The molecule has 0 atom stereocenters. The van der Waals surface area contributed by atoms with Gasteiger partial charge in [0.2, 0.25) is 0 Å². The maximum atomic E-state index is 13.0. The molecule has 0 fully saturated rings. The number of carbonyl (C=O) groups excluding carboxylic acids is 1. The molecule has 0 bridgehead atoms. The lowest BCUT2D eigenvalue weighted by atomic mass is 10.2. The van der Waals surface area contributed by atoms with E-state index in [1.54, 1.807) is 0 Å².